The van der Waals surface area contributed by atoms with Crippen molar-refractivity contribution in [1.29, 1.82) is 0 Å². The summed E-state index contributed by atoms with van der Waals surface area (Å²) in [7, 11) is 1.37. The molecule has 0 saturated heterocycles. The van der Waals surface area contributed by atoms with Crippen LogP contribution in [0, 0.1) is 0 Å². The third kappa shape index (κ3) is 3.23. The van der Waals surface area contributed by atoms with Gasteiger partial charge >= 0.3 is 5.97 Å². The van der Waals surface area contributed by atoms with Crippen molar-refractivity contribution < 1.29 is 9.53 Å². The van der Waals surface area contributed by atoms with E-state index in [1.807, 2.05) is 0 Å². The van der Waals surface area contributed by atoms with Gasteiger partial charge in [0.05, 0.1) is 7.11 Å². The third-order valence-electron chi connectivity index (χ3n) is 4.05. The second-order valence-electron chi connectivity index (χ2n) is 6.22. The summed E-state index contributed by atoms with van der Waals surface area (Å²) < 4.78 is 7.04. The van der Waals surface area contributed by atoms with Crippen LogP contribution < -0.4 is 5.73 Å². The van der Waals surface area contributed by atoms with Crippen LogP contribution >= 0.6 is 11.8 Å². The third-order valence-corrected chi connectivity index (χ3v) is 4.99. The SMILES string of the molecule is COC(=O)C(C)(N)CCSc1nnc(C2CC2)n1C1CC1. The Bertz CT molecular complexity index is 535. The number of nitrogens with zero attached hydrogens (tertiary/aromatic N) is 3. The highest BCUT2D eigenvalue weighted by molar-refractivity contribution is 7.99. The first kappa shape index (κ1) is 14.8. The molecule has 1 aromatic heterocycles. The second-order valence-corrected chi connectivity index (χ2v) is 7.29. The van der Waals surface area contributed by atoms with Crippen LogP contribution in [0.25, 0.3) is 0 Å². The number of thioether (sulfide) groups is 1. The monoisotopic (exact) mass is 310 g/mol. The van der Waals surface area contributed by atoms with Gasteiger partial charge in [0.2, 0.25) is 0 Å². The smallest absolute Gasteiger partial charge is 0.325 e. The molecule has 0 radical (unpaired) electrons. The first-order valence-electron chi connectivity index (χ1n) is 7.48. The number of methoxy groups -OCH3 is 1. The number of nitrogens with two attached hydrogens (primary N) is 1. The molecule has 0 aromatic carbocycles. The van der Waals surface area contributed by atoms with E-state index < -0.39 is 5.54 Å². The van der Waals surface area contributed by atoms with Crippen molar-refractivity contribution in [2.24, 2.45) is 5.73 Å². The van der Waals surface area contributed by atoms with Crippen LogP contribution in [0.5, 0.6) is 0 Å². The summed E-state index contributed by atoms with van der Waals surface area (Å²) in [5.41, 5.74) is 5.04. The normalized spacial score (nSPS) is 21.1. The number of ether oxygens (including phenoxy) is 1. The van der Waals surface area contributed by atoms with Gasteiger partial charge in [-0.2, -0.15) is 0 Å². The van der Waals surface area contributed by atoms with Gasteiger partial charge < -0.3 is 15.0 Å². The highest BCUT2D eigenvalue weighted by Crippen LogP contribution is 2.46. The molecule has 3 rings (SSSR count). The van der Waals surface area contributed by atoms with E-state index in [1.165, 1.54) is 32.8 Å². The molecular weight excluding hydrogens is 288 g/mol. The zero-order valence-corrected chi connectivity index (χ0v) is 13.4. The van der Waals surface area contributed by atoms with Gasteiger partial charge in [-0.25, -0.2) is 0 Å². The summed E-state index contributed by atoms with van der Waals surface area (Å²) in [4.78, 5) is 11.6. The minimum absolute atomic E-state index is 0.370. The van der Waals surface area contributed by atoms with E-state index in [0.29, 0.717) is 18.4 Å². The van der Waals surface area contributed by atoms with Crippen LogP contribution in [-0.2, 0) is 9.53 Å². The summed E-state index contributed by atoms with van der Waals surface area (Å²) in [5.74, 6) is 2.13. The van der Waals surface area contributed by atoms with Crippen LogP contribution in [0.15, 0.2) is 5.16 Å². The minimum Gasteiger partial charge on any atom is -0.468 e. The van der Waals surface area contributed by atoms with Crippen molar-refractivity contribution in [3.63, 3.8) is 0 Å². The Labute approximate surface area is 128 Å². The Balaban J connectivity index is 1.62. The maximum Gasteiger partial charge on any atom is 0.325 e. The number of rotatable bonds is 7. The van der Waals surface area contributed by atoms with Crippen molar-refractivity contribution in [2.45, 2.75) is 61.7 Å². The molecule has 2 saturated carbocycles. The Hall–Kier alpha value is -1.08. The number of carbonyl (C=O) groups excluding carboxylic acids is 1. The molecule has 0 aliphatic heterocycles. The van der Waals surface area contributed by atoms with Gasteiger partial charge in [0.1, 0.15) is 11.4 Å². The molecule has 0 bridgehead atoms. The van der Waals surface area contributed by atoms with E-state index in [1.54, 1.807) is 18.7 Å². The van der Waals surface area contributed by atoms with Gasteiger partial charge in [0.25, 0.3) is 0 Å². The fraction of sp³-hybridized carbons (Fsp3) is 0.786. The second kappa shape index (κ2) is 5.61. The average Bonchev–Trinajstić information content (AvgIpc) is 3.37. The van der Waals surface area contributed by atoms with Crippen LogP contribution in [0.2, 0.25) is 0 Å². The molecule has 2 aliphatic carbocycles. The maximum atomic E-state index is 11.6. The number of carbonyl (C=O) groups is 1. The molecule has 116 valence electrons. The molecule has 2 N–H and O–H groups in total. The topological polar surface area (TPSA) is 83.0 Å². The van der Waals surface area contributed by atoms with Gasteiger partial charge in [-0.15, -0.1) is 10.2 Å². The summed E-state index contributed by atoms with van der Waals surface area (Å²) in [5, 5.41) is 9.69. The molecule has 7 heteroatoms. The van der Waals surface area contributed by atoms with Crippen LogP contribution in [0.4, 0.5) is 0 Å². The summed E-state index contributed by atoms with van der Waals surface area (Å²) in [6.45, 7) is 1.71. The zero-order chi connectivity index (χ0) is 15.0. The summed E-state index contributed by atoms with van der Waals surface area (Å²) >= 11 is 1.64. The number of esters is 1. The Morgan fingerprint density at radius 1 is 1.43 bits per heavy atom. The predicted octanol–water partition coefficient (Wildman–Crippen LogP) is 1.86. The molecule has 21 heavy (non-hydrogen) atoms. The lowest BCUT2D eigenvalue weighted by molar-refractivity contribution is -0.146. The summed E-state index contributed by atoms with van der Waals surface area (Å²) in [6, 6.07) is 0.586. The summed E-state index contributed by atoms with van der Waals surface area (Å²) in [6.07, 6.45) is 5.47. The fourth-order valence-electron chi connectivity index (χ4n) is 2.37. The van der Waals surface area contributed by atoms with Crippen molar-refractivity contribution in [2.75, 3.05) is 12.9 Å². The van der Waals surface area contributed by atoms with E-state index in [9.17, 15) is 4.79 Å². The van der Waals surface area contributed by atoms with Gasteiger partial charge in [-0.3, -0.25) is 4.79 Å². The predicted molar refractivity (Wildman–Crippen MR) is 80.2 cm³/mol. The van der Waals surface area contributed by atoms with Crippen LogP contribution in [-0.4, -0.2) is 39.1 Å². The fourth-order valence-corrected chi connectivity index (χ4v) is 3.56. The van der Waals surface area contributed by atoms with Crippen molar-refractivity contribution in [3.8, 4) is 0 Å². The lowest BCUT2D eigenvalue weighted by Crippen LogP contribution is -2.46. The van der Waals surface area contributed by atoms with Gasteiger partial charge in [0.15, 0.2) is 5.16 Å². The largest absolute Gasteiger partial charge is 0.468 e. The average molecular weight is 310 g/mol. The van der Waals surface area contributed by atoms with Gasteiger partial charge in [0, 0.05) is 17.7 Å². The number of aromatic nitrogens is 3. The molecule has 6 nitrogen and oxygen atoms in total. The molecule has 0 amide bonds. The Morgan fingerprint density at radius 3 is 2.71 bits per heavy atom. The first-order chi connectivity index (χ1) is 10.0. The standard InChI is InChI=1S/C14H22N4O2S/c1-14(15,12(19)20-2)7-8-21-13-17-16-11(9-3-4-9)18(13)10-5-6-10/h9-10H,3-8,15H2,1-2H3. The molecule has 1 unspecified atom stereocenters. The van der Waals surface area contributed by atoms with Crippen molar-refractivity contribution >= 4 is 17.7 Å². The maximum absolute atomic E-state index is 11.6. The first-order valence-corrected chi connectivity index (χ1v) is 8.46. The lowest BCUT2D eigenvalue weighted by atomic mass is 10.0. The van der Waals surface area contributed by atoms with E-state index in [2.05, 4.69) is 14.8 Å². The highest BCUT2D eigenvalue weighted by Gasteiger charge is 2.36. The lowest BCUT2D eigenvalue weighted by Gasteiger charge is -2.20. The minimum atomic E-state index is -0.939. The highest BCUT2D eigenvalue weighted by atomic mass is 32.2. The van der Waals surface area contributed by atoms with E-state index in [-0.39, 0.29) is 5.97 Å². The van der Waals surface area contributed by atoms with Gasteiger partial charge in [-0.1, -0.05) is 11.8 Å². The Morgan fingerprint density at radius 2 is 2.14 bits per heavy atom. The van der Waals surface area contributed by atoms with Crippen LogP contribution in [0.1, 0.15) is 56.8 Å². The van der Waals surface area contributed by atoms with Crippen LogP contribution in [0.3, 0.4) is 0 Å². The zero-order valence-electron chi connectivity index (χ0n) is 12.5. The number of hydrogen-bond acceptors (Lipinski definition) is 6. The van der Waals surface area contributed by atoms with E-state index in [4.69, 9.17) is 10.5 Å². The molecule has 1 atom stereocenters. The van der Waals surface area contributed by atoms with E-state index >= 15 is 0 Å². The molecule has 2 fully saturated rings. The number of hydrogen-bond donors (Lipinski definition) is 1. The quantitative estimate of drug-likeness (QED) is 0.611. The molecule has 2 aliphatic rings. The van der Waals surface area contributed by atoms with Crippen molar-refractivity contribution in [3.05, 3.63) is 5.82 Å². The molecule has 0 spiro atoms. The van der Waals surface area contributed by atoms with Gasteiger partial charge in [-0.05, 0) is 39.0 Å². The Kier molecular flexibility index (Phi) is 3.96. The van der Waals surface area contributed by atoms with Crippen molar-refractivity contribution in [1.82, 2.24) is 14.8 Å². The molecular formula is C14H22N4O2S. The molecule has 1 aromatic rings. The van der Waals surface area contributed by atoms with E-state index in [0.717, 1.165) is 16.7 Å². The molecule has 1 heterocycles.